The largest absolute Gasteiger partial charge is 0.326 e. The Hall–Kier alpha value is -2.58. The molecule has 0 saturated heterocycles. The fourth-order valence-electron chi connectivity index (χ4n) is 3.29. The van der Waals surface area contributed by atoms with Crippen LogP contribution in [0.3, 0.4) is 0 Å². The SMILES string of the molecule is Cc1c(C#N)c(NC(=O)CN(C)C(C)C(C)(C)C)n(Cc2ccccc2)c1C. The van der Waals surface area contributed by atoms with Crippen molar-refractivity contribution < 1.29 is 4.79 Å². The second kappa shape index (κ2) is 8.62. The van der Waals surface area contributed by atoms with Gasteiger partial charge in [-0.1, -0.05) is 51.1 Å². The minimum absolute atomic E-state index is 0.0769. The highest BCUT2D eigenvalue weighted by Gasteiger charge is 2.26. The summed E-state index contributed by atoms with van der Waals surface area (Å²) in [5.41, 5.74) is 3.64. The molecule has 0 radical (unpaired) electrons. The Kier molecular flexibility index (Phi) is 6.69. The summed E-state index contributed by atoms with van der Waals surface area (Å²) in [7, 11) is 1.96. The van der Waals surface area contributed by atoms with Gasteiger partial charge < -0.3 is 9.88 Å². The van der Waals surface area contributed by atoms with Crippen molar-refractivity contribution in [2.75, 3.05) is 18.9 Å². The number of carbonyl (C=O) groups is 1. The molecule has 1 atom stereocenters. The van der Waals surface area contributed by atoms with E-state index < -0.39 is 0 Å². The third-order valence-corrected chi connectivity index (χ3v) is 5.69. The molecule has 0 aliphatic rings. The van der Waals surface area contributed by atoms with Gasteiger partial charge in [-0.3, -0.25) is 9.69 Å². The van der Waals surface area contributed by atoms with Gasteiger partial charge in [-0.05, 0) is 44.4 Å². The van der Waals surface area contributed by atoms with Crippen LogP contribution >= 0.6 is 0 Å². The van der Waals surface area contributed by atoms with Gasteiger partial charge in [-0.2, -0.15) is 5.26 Å². The lowest BCUT2D eigenvalue weighted by molar-refractivity contribution is -0.117. The molecule has 0 aliphatic heterocycles. The van der Waals surface area contributed by atoms with Gasteiger partial charge in [0, 0.05) is 18.3 Å². The molecule has 1 unspecified atom stereocenters. The lowest BCUT2D eigenvalue weighted by Crippen LogP contribution is -2.43. The van der Waals surface area contributed by atoms with Crippen LogP contribution in [0.4, 0.5) is 5.82 Å². The number of hydrogen-bond donors (Lipinski definition) is 1. The molecule has 0 spiro atoms. The van der Waals surface area contributed by atoms with E-state index in [4.69, 9.17) is 0 Å². The maximum absolute atomic E-state index is 12.8. The Morgan fingerprint density at radius 2 is 1.86 bits per heavy atom. The summed E-state index contributed by atoms with van der Waals surface area (Å²) in [4.78, 5) is 14.8. The second-order valence-electron chi connectivity index (χ2n) is 8.62. The van der Waals surface area contributed by atoms with Crippen molar-refractivity contribution in [3.05, 3.63) is 52.7 Å². The first-order chi connectivity index (χ1) is 13.1. The Morgan fingerprint density at radius 3 is 2.39 bits per heavy atom. The van der Waals surface area contributed by atoms with Crippen molar-refractivity contribution in [3.63, 3.8) is 0 Å². The number of anilines is 1. The van der Waals surface area contributed by atoms with E-state index in [2.05, 4.69) is 39.1 Å². The molecule has 1 aromatic carbocycles. The van der Waals surface area contributed by atoms with Crippen LogP contribution in [0.1, 0.15) is 50.1 Å². The van der Waals surface area contributed by atoms with Crippen molar-refractivity contribution in [1.29, 1.82) is 5.26 Å². The van der Waals surface area contributed by atoms with E-state index in [0.29, 0.717) is 17.9 Å². The van der Waals surface area contributed by atoms with Gasteiger partial charge in [-0.25, -0.2) is 0 Å². The normalized spacial score (nSPS) is 12.7. The fourth-order valence-corrected chi connectivity index (χ4v) is 3.29. The first-order valence-electron chi connectivity index (χ1n) is 9.70. The highest BCUT2D eigenvalue weighted by molar-refractivity contribution is 5.93. The maximum Gasteiger partial charge on any atom is 0.239 e. The van der Waals surface area contributed by atoms with Gasteiger partial charge in [0.1, 0.15) is 11.9 Å². The molecule has 28 heavy (non-hydrogen) atoms. The first-order valence-corrected chi connectivity index (χ1v) is 9.70. The summed E-state index contributed by atoms with van der Waals surface area (Å²) < 4.78 is 2.02. The van der Waals surface area contributed by atoms with Gasteiger partial charge in [-0.15, -0.1) is 0 Å². The molecule has 150 valence electrons. The lowest BCUT2D eigenvalue weighted by atomic mass is 9.87. The van der Waals surface area contributed by atoms with Crippen LogP contribution in [-0.4, -0.2) is 35.0 Å². The minimum Gasteiger partial charge on any atom is -0.326 e. The number of carbonyl (C=O) groups excluding carboxylic acids is 1. The number of aromatic nitrogens is 1. The smallest absolute Gasteiger partial charge is 0.239 e. The van der Waals surface area contributed by atoms with E-state index in [-0.39, 0.29) is 23.9 Å². The number of hydrogen-bond acceptors (Lipinski definition) is 3. The molecule has 0 bridgehead atoms. The number of benzene rings is 1. The van der Waals surface area contributed by atoms with Crippen LogP contribution in [-0.2, 0) is 11.3 Å². The summed E-state index contributed by atoms with van der Waals surface area (Å²) >= 11 is 0. The number of nitrogens with one attached hydrogen (secondary N) is 1. The molecule has 5 heteroatoms. The Bertz CT molecular complexity index is 869. The quantitative estimate of drug-likeness (QED) is 0.811. The average Bonchev–Trinajstić information content (AvgIpc) is 2.85. The Balaban J connectivity index is 2.28. The molecule has 2 rings (SSSR count). The molecule has 0 fully saturated rings. The van der Waals surface area contributed by atoms with E-state index >= 15 is 0 Å². The topological polar surface area (TPSA) is 61.1 Å². The molecule has 2 aromatic rings. The fraction of sp³-hybridized carbons (Fsp3) is 0.478. The zero-order valence-electron chi connectivity index (χ0n) is 18.1. The number of nitriles is 1. The third kappa shape index (κ3) is 4.82. The predicted octanol–water partition coefficient (Wildman–Crippen LogP) is 4.33. The molecule has 1 aromatic heterocycles. The molecule has 0 aliphatic carbocycles. The maximum atomic E-state index is 12.8. The molecule has 1 amide bonds. The van der Waals surface area contributed by atoms with Crippen molar-refractivity contribution in [1.82, 2.24) is 9.47 Å². The minimum atomic E-state index is -0.109. The number of amides is 1. The van der Waals surface area contributed by atoms with Crippen molar-refractivity contribution in [2.45, 2.75) is 54.1 Å². The summed E-state index contributed by atoms with van der Waals surface area (Å²) in [6.07, 6.45) is 0. The number of rotatable bonds is 6. The Morgan fingerprint density at radius 1 is 1.25 bits per heavy atom. The number of likely N-dealkylation sites (N-methyl/N-ethyl adjacent to an activating group) is 1. The molecule has 1 N–H and O–H groups in total. The summed E-state index contributed by atoms with van der Waals surface area (Å²) in [6, 6.07) is 12.6. The average molecular weight is 381 g/mol. The van der Waals surface area contributed by atoms with Crippen LogP contribution < -0.4 is 5.32 Å². The first kappa shape index (κ1) is 21.7. The van der Waals surface area contributed by atoms with Gasteiger partial charge >= 0.3 is 0 Å². The van der Waals surface area contributed by atoms with Crippen LogP contribution in [0.15, 0.2) is 30.3 Å². The molecule has 1 heterocycles. The van der Waals surface area contributed by atoms with Crippen LogP contribution in [0, 0.1) is 30.6 Å². The van der Waals surface area contributed by atoms with Gasteiger partial charge in [0.2, 0.25) is 5.91 Å². The van der Waals surface area contributed by atoms with E-state index in [9.17, 15) is 10.1 Å². The molecule has 5 nitrogen and oxygen atoms in total. The summed E-state index contributed by atoms with van der Waals surface area (Å²) in [5.74, 6) is 0.477. The van der Waals surface area contributed by atoms with Crippen LogP contribution in [0.5, 0.6) is 0 Å². The van der Waals surface area contributed by atoms with Crippen molar-refractivity contribution in [2.24, 2.45) is 5.41 Å². The van der Waals surface area contributed by atoms with Crippen molar-refractivity contribution in [3.8, 4) is 6.07 Å². The second-order valence-corrected chi connectivity index (χ2v) is 8.62. The van der Waals surface area contributed by atoms with Gasteiger partial charge in [0.25, 0.3) is 0 Å². The molecule has 0 saturated carbocycles. The summed E-state index contributed by atoms with van der Waals surface area (Å²) in [5, 5.41) is 12.7. The highest BCUT2D eigenvalue weighted by atomic mass is 16.2. The van der Waals surface area contributed by atoms with Crippen LogP contribution in [0.25, 0.3) is 0 Å². The summed E-state index contributed by atoms with van der Waals surface area (Å²) in [6.45, 7) is 13.4. The zero-order chi connectivity index (χ0) is 21.1. The molecular weight excluding hydrogens is 348 g/mol. The molecular formula is C23H32N4O. The Labute approximate surface area is 169 Å². The standard InChI is InChI=1S/C23H32N4O/c1-16-17(2)27(14-19-11-9-8-10-12-19)22(20(16)13-24)25-21(28)15-26(7)18(3)23(4,5)6/h8-12,18H,14-15H2,1-7H3,(H,25,28). The third-order valence-electron chi connectivity index (χ3n) is 5.69. The van der Waals surface area contributed by atoms with E-state index in [1.165, 1.54) is 0 Å². The number of nitrogens with zero attached hydrogens (tertiary/aromatic N) is 3. The zero-order valence-corrected chi connectivity index (χ0v) is 18.1. The predicted molar refractivity (Wildman–Crippen MR) is 114 cm³/mol. The van der Waals surface area contributed by atoms with Crippen molar-refractivity contribution >= 4 is 11.7 Å². The van der Waals surface area contributed by atoms with Gasteiger partial charge in [0.05, 0.1) is 12.1 Å². The van der Waals surface area contributed by atoms with Crippen LogP contribution in [0.2, 0.25) is 0 Å². The monoisotopic (exact) mass is 380 g/mol. The van der Waals surface area contributed by atoms with Gasteiger partial charge in [0.15, 0.2) is 0 Å². The van der Waals surface area contributed by atoms with E-state index in [1.807, 2.05) is 60.7 Å². The van der Waals surface area contributed by atoms with E-state index in [0.717, 1.165) is 16.8 Å². The van der Waals surface area contributed by atoms with E-state index in [1.54, 1.807) is 0 Å². The highest BCUT2D eigenvalue weighted by Crippen LogP contribution is 2.28. The lowest BCUT2D eigenvalue weighted by Gasteiger charge is -2.34.